The van der Waals surface area contributed by atoms with Crippen LogP contribution in [0.1, 0.15) is 36.7 Å². The van der Waals surface area contributed by atoms with Crippen LogP contribution in [0.25, 0.3) is 16.7 Å². The molecule has 4 rings (SSSR count). The summed E-state index contributed by atoms with van der Waals surface area (Å²) in [4.78, 5) is 12.9. The molecule has 2 aromatic heterocycles. The maximum atomic E-state index is 11.1. The summed E-state index contributed by atoms with van der Waals surface area (Å²) >= 11 is 0. The third-order valence-corrected chi connectivity index (χ3v) is 4.22. The molecule has 6 nitrogen and oxygen atoms in total. The lowest BCUT2D eigenvalue weighted by atomic mass is 9.87. The predicted molar refractivity (Wildman–Crippen MR) is 86.2 cm³/mol. The summed E-state index contributed by atoms with van der Waals surface area (Å²) in [6.45, 7) is 6.36. The summed E-state index contributed by atoms with van der Waals surface area (Å²) in [6, 6.07) is 10.6. The van der Waals surface area contributed by atoms with Gasteiger partial charge >= 0.3 is 5.97 Å². The van der Waals surface area contributed by atoms with E-state index in [1.54, 1.807) is 24.3 Å². The van der Waals surface area contributed by atoms with Gasteiger partial charge in [-0.1, -0.05) is 26.8 Å². The molecule has 118 valence electrons. The summed E-state index contributed by atoms with van der Waals surface area (Å²) in [5.74, 6) is -0.756. The van der Waals surface area contributed by atoms with Gasteiger partial charge < -0.3 is 10.2 Å². The predicted octanol–water partition coefficient (Wildman–Crippen LogP) is 3.12. The van der Waals surface area contributed by atoms with Crippen molar-refractivity contribution in [2.75, 3.05) is 0 Å². The molecular formula is C17H17N3O3. The minimum absolute atomic E-state index is 0.0223. The lowest BCUT2D eigenvalue weighted by molar-refractivity contribution is 0.0697. The van der Waals surface area contributed by atoms with Crippen molar-refractivity contribution < 1.29 is 15.0 Å². The highest BCUT2D eigenvalue weighted by Gasteiger charge is 2.27. The van der Waals surface area contributed by atoms with Crippen molar-refractivity contribution in [2.24, 2.45) is 0 Å². The zero-order chi connectivity index (χ0) is 16.5. The van der Waals surface area contributed by atoms with E-state index in [-0.39, 0.29) is 16.7 Å². The molecular weight excluding hydrogens is 294 g/mol. The molecule has 6 heteroatoms. The zero-order valence-corrected chi connectivity index (χ0v) is 13.1. The van der Waals surface area contributed by atoms with Crippen molar-refractivity contribution in [1.82, 2.24) is 14.1 Å². The SMILES string of the molecule is CC(C)(C)c1ccc(O)c(-n2n3c4ccc(C(=O)O)cc4n23)c1. The van der Waals surface area contributed by atoms with Crippen molar-refractivity contribution in [3.05, 3.63) is 47.5 Å². The van der Waals surface area contributed by atoms with Gasteiger partial charge in [-0.05, 0) is 41.3 Å². The van der Waals surface area contributed by atoms with Gasteiger partial charge in [0.2, 0.25) is 0 Å². The van der Waals surface area contributed by atoms with Gasteiger partial charge in [-0.2, -0.15) is 0 Å². The highest BCUT2D eigenvalue weighted by Crippen LogP contribution is 2.34. The van der Waals surface area contributed by atoms with E-state index in [1.807, 2.05) is 26.2 Å². The van der Waals surface area contributed by atoms with Crippen LogP contribution in [0.15, 0.2) is 36.4 Å². The van der Waals surface area contributed by atoms with Crippen molar-refractivity contribution in [3.63, 3.8) is 0 Å². The Bertz CT molecular complexity index is 1040. The number of nitrogens with zero attached hydrogens (tertiary/aromatic N) is 3. The highest BCUT2D eigenvalue weighted by atomic mass is 16.4. The number of hydrogen-bond acceptors (Lipinski definition) is 2. The van der Waals surface area contributed by atoms with Crippen LogP contribution in [0, 0.1) is 0 Å². The summed E-state index contributed by atoms with van der Waals surface area (Å²) in [5, 5.41) is 19.3. The number of phenols is 1. The number of aromatic hydroxyl groups is 1. The van der Waals surface area contributed by atoms with Crippen molar-refractivity contribution in [1.29, 1.82) is 0 Å². The smallest absolute Gasteiger partial charge is 0.335 e. The van der Waals surface area contributed by atoms with Crippen molar-refractivity contribution in [2.45, 2.75) is 26.2 Å². The van der Waals surface area contributed by atoms with Gasteiger partial charge in [-0.25, -0.2) is 4.79 Å². The van der Waals surface area contributed by atoms with Gasteiger partial charge in [-0.15, -0.1) is 14.1 Å². The van der Waals surface area contributed by atoms with E-state index in [0.717, 1.165) is 16.6 Å². The van der Waals surface area contributed by atoms with Crippen LogP contribution in [0.5, 0.6) is 5.75 Å². The molecule has 23 heavy (non-hydrogen) atoms. The largest absolute Gasteiger partial charge is 0.506 e. The fourth-order valence-corrected chi connectivity index (χ4v) is 2.83. The highest BCUT2D eigenvalue weighted by molar-refractivity contribution is 5.93. The lowest BCUT2D eigenvalue weighted by Crippen LogP contribution is -2.11. The maximum absolute atomic E-state index is 11.1. The number of fused-ring (bicyclic) bond motifs is 4. The van der Waals surface area contributed by atoms with Crippen LogP contribution in [-0.2, 0) is 5.41 Å². The molecule has 2 N–H and O–H groups in total. The Balaban J connectivity index is 1.87. The number of carboxylic acids is 1. The Morgan fingerprint density at radius 2 is 1.70 bits per heavy atom. The van der Waals surface area contributed by atoms with Crippen LogP contribution >= 0.6 is 0 Å². The van der Waals surface area contributed by atoms with E-state index < -0.39 is 5.97 Å². The van der Waals surface area contributed by atoms with Gasteiger partial charge in [0.05, 0.1) is 5.56 Å². The van der Waals surface area contributed by atoms with Crippen LogP contribution in [-0.4, -0.2) is 30.2 Å². The van der Waals surface area contributed by atoms with Crippen LogP contribution in [0.2, 0.25) is 0 Å². The molecule has 0 fully saturated rings. The minimum Gasteiger partial charge on any atom is -0.506 e. The fraction of sp³-hybridized carbons (Fsp3) is 0.235. The molecule has 0 aliphatic heterocycles. The van der Waals surface area contributed by atoms with E-state index in [4.69, 9.17) is 5.11 Å². The number of rotatable bonds is 2. The Hall–Kier alpha value is -2.89. The number of aromatic carboxylic acids is 1. The van der Waals surface area contributed by atoms with Gasteiger partial charge in [-0.3, -0.25) is 0 Å². The number of aromatic nitrogens is 3. The molecule has 0 amide bonds. The molecule has 2 aromatic carbocycles. The van der Waals surface area contributed by atoms with E-state index in [0.29, 0.717) is 5.69 Å². The minimum atomic E-state index is -0.947. The fourth-order valence-electron chi connectivity index (χ4n) is 2.83. The molecule has 0 spiro atoms. The van der Waals surface area contributed by atoms with Gasteiger partial charge in [0, 0.05) is 0 Å². The van der Waals surface area contributed by atoms with Gasteiger partial charge in [0.15, 0.2) is 0 Å². The summed E-state index contributed by atoms with van der Waals surface area (Å²) in [5.41, 5.74) is 3.79. The first-order valence-electron chi connectivity index (χ1n) is 7.40. The van der Waals surface area contributed by atoms with Crippen LogP contribution < -0.4 is 0 Å². The number of phenolic OH excluding ortho intramolecular Hbond substituents is 1. The molecule has 0 bridgehead atoms. The Labute approximate surface area is 132 Å². The normalized spacial score (nSPS) is 12.7. The topological polar surface area (TPSA) is 71.3 Å². The second-order valence-electron chi connectivity index (χ2n) is 6.83. The Kier molecular flexibility index (Phi) is 2.45. The average Bonchev–Trinajstić information content (AvgIpc) is 3.12. The third-order valence-electron chi connectivity index (χ3n) is 4.22. The Morgan fingerprint density at radius 3 is 2.35 bits per heavy atom. The van der Waals surface area contributed by atoms with Gasteiger partial charge in [0.25, 0.3) is 0 Å². The van der Waals surface area contributed by atoms with Crippen LogP contribution in [0.4, 0.5) is 0 Å². The standard InChI is InChI=1S/C17H17N3O3/c1-17(2,3)11-5-7-15(21)14(9-11)20-18-12-6-4-10(16(22)23)8-13(12)19(18)20/h4-9,21H,1-3H3,(H,22,23). The molecule has 0 saturated carbocycles. The van der Waals surface area contributed by atoms with Gasteiger partial charge in [0.1, 0.15) is 22.5 Å². The van der Waals surface area contributed by atoms with E-state index in [2.05, 4.69) is 20.8 Å². The van der Waals surface area contributed by atoms with E-state index >= 15 is 0 Å². The van der Waals surface area contributed by atoms with Crippen molar-refractivity contribution in [3.8, 4) is 11.4 Å². The zero-order valence-electron chi connectivity index (χ0n) is 13.1. The van der Waals surface area contributed by atoms with E-state index in [1.165, 1.54) is 0 Å². The second kappa shape index (κ2) is 4.10. The molecule has 0 unspecified atom stereocenters. The summed E-state index contributed by atoms with van der Waals surface area (Å²) in [7, 11) is 0. The molecule has 4 aromatic rings. The maximum Gasteiger partial charge on any atom is 0.335 e. The first-order chi connectivity index (χ1) is 10.8. The molecule has 2 heterocycles. The summed E-state index contributed by atoms with van der Waals surface area (Å²) in [6.07, 6.45) is 0. The monoisotopic (exact) mass is 311 g/mol. The number of carboxylic acid groups (broad SMARTS) is 1. The van der Waals surface area contributed by atoms with Crippen molar-refractivity contribution >= 4 is 17.0 Å². The molecule has 0 saturated heterocycles. The molecule has 0 atom stereocenters. The summed E-state index contributed by atoms with van der Waals surface area (Å²) < 4.78 is 3.73. The Morgan fingerprint density at radius 1 is 1.00 bits per heavy atom. The number of hydrogen-bond donors (Lipinski definition) is 2. The molecule has 0 aliphatic rings. The van der Waals surface area contributed by atoms with E-state index in [9.17, 15) is 9.90 Å². The quantitative estimate of drug-likeness (QED) is 0.597. The van der Waals surface area contributed by atoms with Crippen LogP contribution in [0.3, 0.4) is 0 Å². The molecule has 0 aliphatic carbocycles. The third kappa shape index (κ3) is 1.84. The number of benzene rings is 2. The number of carbonyl (C=O) groups is 1. The second-order valence-corrected chi connectivity index (χ2v) is 6.83. The molecule has 0 radical (unpaired) electrons. The lowest BCUT2D eigenvalue weighted by Gasteiger charge is -2.19. The first-order valence-corrected chi connectivity index (χ1v) is 7.40. The first kappa shape index (κ1) is 13.8. The average molecular weight is 311 g/mol.